The van der Waals surface area contributed by atoms with Crippen LogP contribution < -0.4 is 0 Å². The van der Waals surface area contributed by atoms with E-state index in [1.54, 1.807) is 0 Å². The molecule has 0 unspecified atom stereocenters. The molecule has 0 radical (unpaired) electrons. The molecule has 0 aliphatic carbocycles. The van der Waals surface area contributed by atoms with Crippen molar-refractivity contribution < 1.29 is 9.18 Å². The van der Waals surface area contributed by atoms with Crippen molar-refractivity contribution in [3.63, 3.8) is 0 Å². The summed E-state index contributed by atoms with van der Waals surface area (Å²) in [6.07, 6.45) is 6.11. The molecular weight excluding hydrogens is 143 g/mol. The van der Waals surface area contributed by atoms with E-state index in [1.165, 1.54) is 0 Å². The Morgan fingerprint density at radius 1 is 1.36 bits per heavy atom. The van der Waals surface area contributed by atoms with Crippen molar-refractivity contribution in [3.8, 4) is 0 Å². The van der Waals surface area contributed by atoms with Crippen molar-refractivity contribution in [2.45, 2.75) is 39.0 Å². The Morgan fingerprint density at radius 3 is 2.64 bits per heavy atom. The van der Waals surface area contributed by atoms with E-state index in [-0.39, 0.29) is 5.83 Å². The lowest BCUT2D eigenvalue weighted by Gasteiger charge is -1.95. The van der Waals surface area contributed by atoms with Crippen LogP contribution in [0.15, 0.2) is 11.9 Å². The van der Waals surface area contributed by atoms with Crippen molar-refractivity contribution in [3.05, 3.63) is 11.9 Å². The number of hydrogen-bond acceptors (Lipinski definition) is 1. The molecule has 2 heteroatoms. The lowest BCUT2D eigenvalue weighted by atomic mass is 10.1. The van der Waals surface area contributed by atoms with E-state index < -0.39 is 0 Å². The topological polar surface area (TPSA) is 17.1 Å². The van der Waals surface area contributed by atoms with Crippen molar-refractivity contribution >= 4 is 6.29 Å². The van der Waals surface area contributed by atoms with Crippen molar-refractivity contribution in [1.82, 2.24) is 0 Å². The van der Waals surface area contributed by atoms with E-state index in [0.29, 0.717) is 12.7 Å². The highest BCUT2D eigenvalue weighted by atomic mass is 19.1. The summed E-state index contributed by atoms with van der Waals surface area (Å²) < 4.78 is 12.5. The first kappa shape index (κ1) is 10.3. The van der Waals surface area contributed by atoms with Crippen LogP contribution in [0.5, 0.6) is 0 Å². The van der Waals surface area contributed by atoms with Crippen molar-refractivity contribution in [2.24, 2.45) is 0 Å². The second kappa shape index (κ2) is 7.45. The van der Waals surface area contributed by atoms with E-state index in [1.807, 2.05) is 0 Å². The third kappa shape index (κ3) is 7.23. The maximum Gasteiger partial charge on any atom is 0.145 e. The molecule has 0 spiro atoms. The van der Waals surface area contributed by atoms with E-state index in [0.717, 1.165) is 31.8 Å². The second-order valence-electron chi connectivity index (χ2n) is 2.56. The maximum absolute atomic E-state index is 12.5. The first-order chi connectivity index (χ1) is 5.31. The Balaban J connectivity index is 3.23. The molecule has 0 aromatic heterocycles. The minimum atomic E-state index is -0.295. The number of halogens is 1. The Bertz CT molecular complexity index is 130. The Hall–Kier alpha value is -0.660. The van der Waals surface area contributed by atoms with Gasteiger partial charge >= 0.3 is 0 Å². The van der Waals surface area contributed by atoms with Crippen LogP contribution >= 0.6 is 0 Å². The van der Waals surface area contributed by atoms with Gasteiger partial charge in [0.05, 0.1) is 0 Å². The Labute approximate surface area is 67.3 Å². The van der Waals surface area contributed by atoms with Crippen LogP contribution in [0.4, 0.5) is 4.39 Å². The van der Waals surface area contributed by atoms with Crippen LogP contribution in [0.2, 0.25) is 0 Å². The maximum atomic E-state index is 12.5. The molecule has 0 aliphatic rings. The Morgan fingerprint density at radius 2 is 2.09 bits per heavy atom. The number of aldehydes is 1. The zero-order valence-electron chi connectivity index (χ0n) is 6.98. The lowest BCUT2D eigenvalue weighted by Crippen LogP contribution is -1.79. The van der Waals surface area contributed by atoms with Crippen molar-refractivity contribution in [2.75, 3.05) is 0 Å². The van der Waals surface area contributed by atoms with E-state index in [2.05, 4.69) is 6.92 Å². The minimum absolute atomic E-state index is 0.295. The number of hydrogen-bond donors (Lipinski definition) is 0. The number of carbonyl (C=O) groups excluding carboxylic acids is 1. The van der Waals surface area contributed by atoms with Gasteiger partial charge in [-0.05, 0) is 12.8 Å². The van der Waals surface area contributed by atoms with Crippen LogP contribution in [0.1, 0.15) is 39.0 Å². The van der Waals surface area contributed by atoms with Gasteiger partial charge in [0.1, 0.15) is 12.1 Å². The summed E-state index contributed by atoms with van der Waals surface area (Å²) in [7, 11) is 0. The van der Waals surface area contributed by atoms with E-state index in [9.17, 15) is 9.18 Å². The summed E-state index contributed by atoms with van der Waals surface area (Å²) in [5, 5.41) is 0. The van der Waals surface area contributed by atoms with E-state index >= 15 is 0 Å². The molecule has 0 aliphatic heterocycles. The van der Waals surface area contributed by atoms with Gasteiger partial charge in [0, 0.05) is 6.08 Å². The summed E-state index contributed by atoms with van der Waals surface area (Å²) in [5.74, 6) is -0.295. The summed E-state index contributed by atoms with van der Waals surface area (Å²) in [4.78, 5) is 9.79. The fourth-order valence-corrected chi connectivity index (χ4v) is 0.878. The molecule has 0 fully saturated rings. The van der Waals surface area contributed by atoms with Gasteiger partial charge < -0.3 is 0 Å². The predicted octanol–water partition coefficient (Wildman–Crippen LogP) is 3.01. The molecule has 1 nitrogen and oxygen atoms in total. The van der Waals surface area contributed by atoms with Crippen LogP contribution in [0.25, 0.3) is 0 Å². The average Bonchev–Trinajstić information content (AvgIpc) is 1.99. The number of carbonyl (C=O) groups is 1. The van der Waals surface area contributed by atoms with Crippen molar-refractivity contribution in [1.29, 1.82) is 0 Å². The Kier molecular flexibility index (Phi) is 7.00. The first-order valence-electron chi connectivity index (χ1n) is 4.11. The fourth-order valence-electron chi connectivity index (χ4n) is 0.878. The van der Waals surface area contributed by atoms with Gasteiger partial charge in [-0.2, -0.15) is 0 Å². The van der Waals surface area contributed by atoms with Crippen LogP contribution in [-0.2, 0) is 4.79 Å². The summed E-state index contributed by atoms with van der Waals surface area (Å²) >= 11 is 0. The quantitative estimate of drug-likeness (QED) is 0.330. The largest absolute Gasteiger partial charge is 0.298 e. The summed E-state index contributed by atoms with van der Waals surface area (Å²) in [6.45, 7) is 2.11. The van der Waals surface area contributed by atoms with Crippen LogP contribution in [0.3, 0.4) is 0 Å². The monoisotopic (exact) mass is 158 g/mol. The molecule has 0 bridgehead atoms. The lowest BCUT2D eigenvalue weighted by molar-refractivity contribution is -0.104. The van der Waals surface area contributed by atoms with E-state index in [4.69, 9.17) is 0 Å². The summed E-state index contributed by atoms with van der Waals surface area (Å²) in [5.41, 5.74) is 0. The highest BCUT2D eigenvalue weighted by Gasteiger charge is 1.93. The highest BCUT2D eigenvalue weighted by Crippen LogP contribution is 2.09. The standard InChI is InChI=1S/C9H15FO/c1-2-3-4-5-6-9(10)7-8-11/h7-8H,2-6H2,1H3. The molecule has 0 amide bonds. The molecule has 0 rings (SSSR count). The average molecular weight is 158 g/mol. The molecule has 0 aromatic rings. The van der Waals surface area contributed by atoms with Gasteiger partial charge in [0.25, 0.3) is 0 Å². The number of unbranched alkanes of at least 4 members (excludes halogenated alkanes) is 3. The number of rotatable bonds is 6. The SMILES string of the molecule is CCCCCCC(F)=CC=O. The molecule has 0 N–H and O–H groups in total. The predicted molar refractivity (Wildman–Crippen MR) is 44.0 cm³/mol. The highest BCUT2D eigenvalue weighted by molar-refractivity contribution is 5.65. The molecule has 0 atom stereocenters. The molecule has 64 valence electrons. The zero-order chi connectivity index (χ0) is 8.53. The minimum Gasteiger partial charge on any atom is -0.298 e. The van der Waals surface area contributed by atoms with Crippen LogP contribution in [0, 0.1) is 0 Å². The first-order valence-corrected chi connectivity index (χ1v) is 4.11. The molecule has 0 saturated carbocycles. The van der Waals surface area contributed by atoms with Gasteiger partial charge in [0.15, 0.2) is 0 Å². The van der Waals surface area contributed by atoms with Gasteiger partial charge in [0.2, 0.25) is 0 Å². The van der Waals surface area contributed by atoms with Gasteiger partial charge in [-0.25, -0.2) is 4.39 Å². The third-order valence-electron chi connectivity index (χ3n) is 1.52. The van der Waals surface area contributed by atoms with Gasteiger partial charge in [-0.1, -0.05) is 26.2 Å². The molecule has 11 heavy (non-hydrogen) atoms. The molecular formula is C9H15FO. The second-order valence-corrected chi connectivity index (χ2v) is 2.56. The third-order valence-corrected chi connectivity index (χ3v) is 1.52. The molecule has 0 saturated heterocycles. The molecule has 0 heterocycles. The number of allylic oxidation sites excluding steroid dienone is 2. The van der Waals surface area contributed by atoms with Gasteiger partial charge in [-0.15, -0.1) is 0 Å². The molecule has 0 aromatic carbocycles. The zero-order valence-corrected chi connectivity index (χ0v) is 6.98. The normalized spacial score (nSPS) is 11.6. The smallest absolute Gasteiger partial charge is 0.145 e. The van der Waals surface area contributed by atoms with Gasteiger partial charge in [-0.3, -0.25) is 4.79 Å². The van der Waals surface area contributed by atoms with Crippen LogP contribution in [-0.4, -0.2) is 6.29 Å². The summed E-state index contributed by atoms with van der Waals surface area (Å²) in [6, 6.07) is 0. The fraction of sp³-hybridized carbons (Fsp3) is 0.667.